The minimum atomic E-state index is 0.512. The van der Waals surface area contributed by atoms with E-state index >= 15 is 0 Å². The van der Waals surface area contributed by atoms with E-state index in [1.54, 1.807) is 28.9 Å². The van der Waals surface area contributed by atoms with E-state index in [0.717, 1.165) is 35.5 Å². The SMILES string of the molecule is Cc1nc2c(cc(Oc3ncncc3Br)c3ccsc32)s1. The lowest BCUT2D eigenvalue weighted by atomic mass is 10.2. The first-order valence-corrected chi connectivity index (χ1v) is 8.62. The summed E-state index contributed by atoms with van der Waals surface area (Å²) in [4.78, 5) is 12.7. The number of nitrogens with zero attached hydrogens (tertiary/aromatic N) is 3. The highest BCUT2D eigenvalue weighted by Gasteiger charge is 2.14. The molecule has 0 N–H and O–H groups in total. The van der Waals surface area contributed by atoms with Gasteiger partial charge in [0.25, 0.3) is 0 Å². The smallest absolute Gasteiger partial charge is 0.236 e. The molecule has 104 valence electrons. The van der Waals surface area contributed by atoms with Crippen molar-refractivity contribution in [3.05, 3.63) is 39.5 Å². The van der Waals surface area contributed by atoms with Gasteiger partial charge in [-0.05, 0) is 34.3 Å². The van der Waals surface area contributed by atoms with Gasteiger partial charge in [-0.1, -0.05) is 0 Å². The second kappa shape index (κ2) is 5.01. The van der Waals surface area contributed by atoms with Crippen molar-refractivity contribution in [2.45, 2.75) is 6.92 Å². The van der Waals surface area contributed by atoms with Crippen molar-refractivity contribution in [3.63, 3.8) is 0 Å². The topological polar surface area (TPSA) is 47.9 Å². The zero-order chi connectivity index (χ0) is 14.4. The van der Waals surface area contributed by atoms with Crippen molar-refractivity contribution in [2.75, 3.05) is 0 Å². The van der Waals surface area contributed by atoms with Gasteiger partial charge in [0.1, 0.15) is 12.1 Å². The summed E-state index contributed by atoms with van der Waals surface area (Å²) in [7, 11) is 0. The summed E-state index contributed by atoms with van der Waals surface area (Å²) in [5.41, 5.74) is 1.05. The monoisotopic (exact) mass is 377 g/mol. The number of hydrogen-bond acceptors (Lipinski definition) is 6. The van der Waals surface area contributed by atoms with Gasteiger partial charge >= 0.3 is 0 Å². The highest BCUT2D eigenvalue weighted by Crippen LogP contribution is 2.40. The summed E-state index contributed by atoms with van der Waals surface area (Å²) in [5, 5.41) is 4.17. The quantitative estimate of drug-likeness (QED) is 0.483. The Morgan fingerprint density at radius 1 is 1.33 bits per heavy atom. The van der Waals surface area contributed by atoms with Crippen LogP contribution in [0.15, 0.2) is 34.5 Å². The Morgan fingerprint density at radius 2 is 2.24 bits per heavy atom. The molecular formula is C14H8BrN3OS2. The van der Waals surface area contributed by atoms with Crippen molar-refractivity contribution in [1.82, 2.24) is 15.0 Å². The van der Waals surface area contributed by atoms with Crippen LogP contribution >= 0.6 is 38.6 Å². The standard InChI is InChI=1S/C14H8BrN3OS2/c1-7-18-12-11(21-7)4-10(8-2-3-20-13(8)12)19-14-9(15)5-16-6-17-14/h2-6H,1H3. The molecule has 1 aromatic carbocycles. The van der Waals surface area contributed by atoms with Gasteiger partial charge in [0.15, 0.2) is 0 Å². The van der Waals surface area contributed by atoms with Gasteiger partial charge in [0.05, 0.1) is 24.4 Å². The van der Waals surface area contributed by atoms with Crippen molar-refractivity contribution in [1.29, 1.82) is 0 Å². The van der Waals surface area contributed by atoms with Crippen LogP contribution in [0.5, 0.6) is 11.6 Å². The van der Waals surface area contributed by atoms with E-state index < -0.39 is 0 Å². The molecule has 0 spiro atoms. The lowest BCUT2D eigenvalue weighted by molar-refractivity contribution is 0.464. The van der Waals surface area contributed by atoms with Crippen LogP contribution in [0.2, 0.25) is 0 Å². The molecular weight excluding hydrogens is 370 g/mol. The number of halogens is 1. The number of fused-ring (bicyclic) bond motifs is 3. The fourth-order valence-electron chi connectivity index (χ4n) is 2.15. The lowest BCUT2D eigenvalue weighted by Gasteiger charge is -2.07. The molecule has 0 amide bonds. The molecule has 0 aliphatic heterocycles. The third kappa shape index (κ3) is 2.21. The van der Waals surface area contributed by atoms with Crippen LogP contribution < -0.4 is 4.74 Å². The van der Waals surface area contributed by atoms with E-state index in [4.69, 9.17) is 4.74 Å². The van der Waals surface area contributed by atoms with Gasteiger partial charge in [0.2, 0.25) is 5.88 Å². The molecule has 3 heterocycles. The van der Waals surface area contributed by atoms with Crippen molar-refractivity contribution in [3.8, 4) is 11.6 Å². The molecule has 4 aromatic rings. The number of hydrogen-bond donors (Lipinski definition) is 0. The third-order valence-corrected chi connectivity index (χ3v) is 5.39. The van der Waals surface area contributed by atoms with Crippen molar-refractivity contribution < 1.29 is 4.74 Å². The van der Waals surface area contributed by atoms with Crippen LogP contribution in [-0.2, 0) is 0 Å². The van der Waals surface area contributed by atoms with Gasteiger partial charge < -0.3 is 4.74 Å². The average molecular weight is 378 g/mol. The van der Waals surface area contributed by atoms with Crippen molar-refractivity contribution >= 4 is 58.9 Å². The number of benzene rings is 1. The van der Waals surface area contributed by atoms with Gasteiger partial charge in [-0.3, -0.25) is 0 Å². The highest BCUT2D eigenvalue weighted by molar-refractivity contribution is 9.10. The Hall–Kier alpha value is -1.57. The second-order valence-corrected chi connectivity index (χ2v) is 7.40. The van der Waals surface area contributed by atoms with Crippen LogP contribution in [0.1, 0.15) is 5.01 Å². The van der Waals surface area contributed by atoms with Crippen LogP contribution in [0.3, 0.4) is 0 Å². The first kappa shape index (κ1) is 13.1. The molecule has 0 aliphatic rings. The maximum Gasteiger partial charge on any atom is 0.236 e. The van der Waals surface area contributed by atoms with Crippen molar-refractivity contribution in [2.24, 2.45) is 0 Å². The predicted octanol–water partition coefficient (Wildman–Crippen LogP) is 5.16. The lowest BCUT2D eigenvalue weighted by Crippen LogP contribution is -1.90. The molecule has 0 bridgehead atoms. The number of thiophene rings is 1. The Morgan fingerprint density at radius 3 is 3.10 bits per heavy atom. The minimum Gasteiger partial charge on any atom is -0.437 e. The molecule has 0 aliphatic carbocycles. The molecule has 0 saturated heterocycles. The molecule has 0 radical (unpaired) electrons. The zero-order valence-corrected chi connectivity index (χ0v) is 14.1. The van der Waals surface area contributed by atoms with E-state index in [1.165, 1.54) is 6.33 Å². The van der Waals surface area contributed by atoms with Gasteiger partial charge in [-0.25, -0.2) is 15.0 Å². The van der Waals surface area contributed by atoms with Crippen LogP contribution in [0.4, 0.5) is 0 Å². The second-order valence-electron chi connectivity index (χ2n) is 4.40. The molecule has 0 unspecified atom stereocenters. The molecule has 0 fully saturated rings. The fourth-order valence-corrected chi connectivity index (χ4v) is 4.29. The maximum atomic E-state index is 5.99. The first-order valence-electron chi connectivity index (χ1n) is 6.13. The molecule has 0 saturated carbocycles. The zero-order valence-electron chi connectivity index (χ0n) is 10.8. The number of aromatic nitrogens is 3. The van der Waals surface area contributed by atoms with Gasteiger partial charge in [-0.2, -0.15) is 0 Å². The minimum absolute atomic E-state index is 0.512. The Bertz CT molecular complexity index is 963. The average Bonchev–Trinajstić information content (AvgIpc) is 3.06. The third-order valence-electron chi connectivity index (χ3n) is 3.01. The summed E-state index contributed by atoms with van der Waals surface area (Å²) in [6.07, 6.45) is 3.14. The largest absolute Gasteiger partial charge is 0.437 e. The Balaban J connectivity index is 1.94. The maximum absolute atomic E-state index is 5.99. The summed E-state index contributed by atoms with van der Waals surface area (Å²) in [5.74, 6) is 1.31. The summed E-state index contributed by atoms with van der Waals surface area (Å²) in [6.45, 7) is 2.02. The molecule has 7 heteroatoms. The summed E-state index contributed by atoms with van der Waals surface area (Å²) < 4.78 is 8.99. The Kier molecular flexibility index (Phi) is 3.13. The fraction of sp³-hybridized carbons (Fsp3) is 0.0714. The van der Waals surface area contributed by atoms with E-state index in [0.29, 0.717) is 5.88 Å². The number of thiazole rings is 1. The predicted molar refractivity (Wildman–Crippen MR) is 89.5 cm³/mol. The van der Waals surface area contributed by atoms with E-state index in [2.05, 4.69) is 42.3 Å². The van der Waals surface area contributed by atoms with E-state index in [1.807, 2.05) is 13.0 Å². The van der Waals surface area contributed by atoms with Crippen LogP contribution in [0, 0.1) is 6.92 Å². The normalized spacial score (nSPS) is 11.3. The van der Waals surface area contributed by atoms with E-state index in [9.17, 15) is 0 Å². The van der Waals surface area contributed by atoms with E-state index in [-0.39, 0.29) is 0 Å². The first-order chi connectivity index (χ1) is 10.2. The number of rotatable bonds is 2. The van der Waals surface area contributed by atoms with Crippen LogP contribution in [0.25, 0.3) is 20.3 Å². The van der Waals surface area contributed by atoms with Gasteiger partial charge in [-0.15, -0.1) is 22.7 Å². The summed E-state index contributed by atoms with van der Waals surface area (Å²) >= 11 is 6.75. The number of ether oxygens (including phenoxy) is 1. The molecule has 21 heavy (non-hydrogen) atoms. The highest BCUT2D eigenvalue weighted by atomic mass is 79.9. The summed E-state index contributed by atoms with van der Waals surface area (Å²) in [6, 6.07) is 4.09. The molecule has 0 atom stereocenters. The molecule has 4 nitrogen and oxygen atoms in total. The Labute approximate surface area is 136 Å². The molecule has 4 rings (SSSR count). The molecule has 3 aromatic heterocycles. The van der Waals surface area contributed by atoms with Crippen LogP contribution in [-0.4, -0.2) is 15.0 Å². The van der Waals surface area contributed by atoms with Gasteiger partial charge in [0, 0.05) is 17.6 Å². The number of aryl methyl sites for hydroxylation is 1.